The summed E-state index contributed by atoms with van der Waals surface area (Å²) < 4.78 is 34.1. The molecule has 5 aromatic rings. The van der Waals surface area contributed by atoms with Crippen LogP contribution in [-0.4, -0.2) is 102 Å². The molecule has 2 amide bonds. The molecule has 298 valence electrons. The molecule has 1 fully saturated rings. The number of fused-ring (bicyclic) bond motifs is 3. The Bertz CT molecular complexity index is 2260. The Morgan fingerprint density at radius 3 is 2.60 bits per heavy atom. The van der Waals surface area contributed by atoms with E-state index in [2.05, 4.69) is 20.2 Å². The van der Waals surface area contributed by atoms with E-state index in [0.29, 0.717) is 68.6 Å². The molecular formula is C42H48FN9O5. The summed E-state index contributed by atoms with van der Waals surface area (Å²) in [5.41, 5.74) is 5.69. The average Bonchev–Trinajstić information content (AvgIpc) is 3.50. The van der Waals surface area contributed by atoms with Gasteiger partial charge in [-0.3, -0.25) is 14.4 Å². The zero-order chi connectivity index (χ0) is 39.6. The van der Waals surface area contributed by atoms with Gasteiger partial charge in [-0.1, -0.05) is 43.3 Å². The number of carbonyl (C=O) groups excluding carboxylic acids is 2. The third-order valence-corrected chi connectivity index (χ3v) is 10.9. The van der Waals surface area contributed by atoms with Crippen LogP contribution in [0.25, 0.3) is 10.8 Å². The summed E-state index contributed by atoms with van der Waals surface area (Å²) in [5.74, 6) is 0.820. The second-order valence-corrected chi connectivity index (χ2v) is 15.0. The van der Waals surface area contributed by atoms with Gasteiger partial charge in [0.15, 0.2) is 12.5 Å². The Labute approximate surface area is 331 Å². The first-order chi connectivity index (χ1) is 27.7. The summed E-state index contributed by atoms with van der Waals surface area (Å²) in [4.78, 5) is 43.8. The molecule has 15 heteroatoms. The quantitative estimate of drug-likeness (QED) is 0.176. The van der Waals surface area contributed by atoms with Crippen molar-refractivity contribution in [2.45, 2.75) is 58.1 Å². The van der Waals surface area contributed by atoms with Gasteiger partial charge in [-0.2, -0.15) is 5.10 Å². The van der Waals surface area contributed by atoms with E-state index in [1.165, 1.54) is 6.07 Å². The number of halogens is 1. The first-order valence-corrected chi connectivity index (χ1v) is 19.4. The van der Waals surface area contributed by atoms with Gasteiger partial charge in [-0.15, -0.1) is 0 Å². The molecule has 1 N–H and O–H groups in total. The molecule has 0 radical (unpaired) electrons. The molecule has 5 heterocycles. The van der Waals surface area contributed by atoms with Gasteiger partial charge in [-0.05, 0) is 47.6 Å². The fourth-order valence-corrected chi connectivity index (χ4v) is 8.04. The van der Waals surface area contributed by atoms with E-state index in [1.807, 2.05) is 71.2 Å². The van der Waals surface area contributed by atoms with Crippen molar-refractivity contribution < 1.29 is 28.2 Å². The number of nitrogens with zero attached hydrogens (tertiary/aromatic N) is 8. The number of rotatable bonds is 11. The average molecular weight is 778 g/mol. The number of nitrogens with one attached hydrogen (secondary N) is 1. The second-order valence-electron chi connectivity index (χ2n) is 15.0. The molecule has 2 aromatic heterocycles. The fraction of sp³-hybridized carbons (Fsp3) is 0.405. The lowest BCUT2D eigenvalue weighted by molar-refractivity contribution is 0.0512. The van der Waals surface area contributed by atoms with Crippen molar-refractivity contribution >= 4 is 34.4 Å². The lowest BCUT2D eigenvalue weighted by Gasteiger charge is -2.42. The number of alkyl carbamates (subject to hydrolysis) is 1. The fourth-order valence-electron chi connectivity index (χ4n) is 8.04. The normalized spacial score (nSPS) is 17.0. The largest absolute Gasteiger partial charge is 0.467 e. The highest BCUT2D eigenvalue weighted by Gasteiger charge is 2.37. The van der Waals surface area contributed by atoms with E-state index < -0.39 is 6.09 Å². The topological polar surface area (TPSA) is 130 Å². The highest BCUT2D eigenvalue weighted by atomic mass is 19.1. The number of benzene rings is 3. The molecular weight excluding hydrogens is 730 g/mol. The van der Waals surface area contributed by atoms with Crippen molar-refractivity contribution in [1.29, 1.82) is 0 Å². The Morgan fingerprint density at radius 2 is 1.82 bits per heavy atom. The maximum Gasteiger partial charge on any atom is 0.407 e. The number of methoxy groups -OCH3 is 1. The predicted molar refractivity (Wildman–Crippen MR) is 213 cm³/mol. The van der Waals surface area contributed by atoms with Crippen LogP contribution >= 0.6 is 0 Å². The van der Waals surface area contributed by atoms with Crippen molar-refractivity contribution in [3.63, 3.8) is 0 Å². The van der Waals surface area contributed by atoms with Crippen molar-refractivity contribution in [3.8, 4) is 5.75 Å². The number of anilines is 2. The second kappa shape index (κ2) is 16.4. The number of aryl methyl sites for hydroxylation is 2. The number of ether oxygens (including phenoxy) is 3. The van der Waals surface area contributed by atoms with Gasteiger partial charge in [0.25, 0.3) is 5.91 Å². The lowest BCUT2D eigenvalue weighted by Crippen LogP contribution is -2.60. The smallest absolute Gasteiger partial charge is 0.407 e. The predicted octanol–water partition coefficient (Wildman–Crippen LogP) is 5.29. The summed E-state index contributed by atoms with van der Waals surface area (Å²) in [5, 5.41) is 9.34. The molecule has 1 unspecified atom stereocenters. The number of amides is 2. The molecule has 0 aliphatic carbocycles. The van der Waals surface area contributed by atoms with E-state index in [-0.39, 0.29) is 37.2 Å². The number of hydrogen-bond acceptors (Lipinski definition) is 11. The van der Waals surface area contributed by atoms with E-state index in [9.17, 15) is 9.59 Å². The summed E-state index contributed by atoms with van der Waals surface area (Å²) in [7, 11) is 5.04. The third kappa shape index (κ3) is 7.94. The van der Waals surface area contributed by atoms with Crippen LogP contribution in [0.1, 0.15) is 58.0 Å². The molecule has 3 aliphatic heterocycles. The molecule has 0 spiro atoms. The molecule has 3 aliphatic rings. The van der Waals surface area contributed by atoms with E-state index in [4.69, 9.17) is 24.2 Å². The molecule has 1 atom stereocenters. The van der Waals surface area contributed by atoms with Gasteiger partial charge < -0.3 is 34.2 Å². The van der Waals surface area contributed by atoms with Gasteiger partial charge in [-0.25, -0.2) is 19.2 Å². The third-order valence-electron chi connectivity index (χ3n) is 10.9. The summed E-state index contributed by atoms with van der Waals surface area (Å²) in [6.07, 6.45) is 2.82. The van der Waals surface area contributed by atoms with E-state index in [1.54, 1.807) is 32.2 Å². The Kier molecular flexibility index (Phi) is 10.9. The lowest BCUT2D eigenvalue weighted by atomic mass is 9.95. The van der Waals surface area contributed by atoms with Crippen LogP contribution in [0.2, 0.25) is 0 Å². The molecule has 1 saturated heterocycles. The van der Waals surface area contributed by atoms with Crippen LogP contribution in [0.4, 0.5) is 20.8 Å². The standard InChI is InChI=1S/C42H48FN9O5/c1-5-32-34(43)13-12-28-16-31(57-26-55-4)18-37(39(28)32)50-23-36-33(38(24-50)49-14-9-15-52-30(22-49)17-35(47-52)40(53)48(2)3)19-44-41(46-36)51-20-29(21-51)45-42(54)56-25-27-10-7-6-8-11-27/h6-8,10-13,16-19,29,38H,5,9,14-15,20-26H2,1-4H3,(H,45,54). The summed E-state index contributed by atoms with van der Waals surface area (Å²) in [6.45, 7) is 6.41. The van der Waals surface area contributed by atoms with Crippen LogP contribution < -0.4 is 19.9 Å². The molecule has 14 nitrogen and oxygen atoms in total. The highest BCUT2D eigenvalue weighted by Crippen LogP contribution is 2.41. The van der Waals surface area contributed by atoms with Gasteiger partial charge >= 0.3 is 6.09 Å². The first-order valence-electron chi connectivity index (χ1n) is 19.4. The van der Waals surface area contributed by atoms with Gasteiger partial charge in [0.1, 0.15) is 18.2 Å². The van der Waals surface area contributed by atoms with Crippen LogP contribution in [0.3, 0.4) is 0 Å². The minimum Gasteiger partial charge on any atom is -0.467 e. The van der Waals surface area contributed by atoms with Crippen molar-refractivity contribution in [1.82, 2.24) is 34.9 Å². The minimum atomic E-state index is -0.461. The zero-order valence-electron chi connectivity index (χ0n) is 32.8. The number of hydrogen-bond donors (Lipinski definition) is 1. The monoisotopic (exact) mass is 777 g/mol. The minimum absolute atomic E-state index is 0.0744. The highest BCUT2D eigenvalue weighted by molar-refractivity contribution is 5.98. The molecule has 57 heavy (non-hydrogen) atoms. The summed E-state index contributed by atoms with van der Waals surface area (Å²) >= 11 is 0. The maximum absolute atomic E-state index is 15.5. The Hall–Kier alpha value is -5.80. The maximum atomic E-state index is 15.5. The Morgan fingerprint density at radius 1 is 1.00 bits per heavy atom. The zero-order valence-corrected chi connectivity index (χ0v) is 32.8. The van der Waals surface area contributed by atoms with E-state index >= 15 is 4.39 Å². The van der Waals surface area contributed by atoms with Crippen LogP contribution in [0.5, 0.6) is 5.75 Å². The van der Waals surface area contributed by atoms with Crippen molar-refractivity contribution in [3.05, 3.63) is 106 Å². The van der Waals surface area contributed by atoms with Gasteiger partial charge in [0, 0.05) is 89.4 Å². The number of carbonyl (C=O) groups is 2. The van der Waals surface area contributed by atoms with Gasteiger partial charge in [0.2, 0.25) is 5.95 Å². The SMILES string of the molecule is CCc1c(F)ccc2cc(OCOC)cc(N3Cc4nc(N5CC(NC(=O)OCc6ccccc6)C5)ncc4C(N4CCCn5nc(C(=O)N(C)C)cc5C4)C3)c12. The molecule has 3 aromatic carbocycles. The van der Waals surface area contributed by atoms with Gasteiger partial charge in [0.05, 0.1) is 30.0 Å². The number of aromatic nitrogens is 4. The van der Waals surface area contributed by atoms with E-state index in [0.717, 1.165) is 51.9 Å². The molecule has 8 rings (SSSR count). The Balaban J connectivity index is 1.10. The molecule has 0 bridgehead atoms. The van der Waals surface area contributed by atoms with Crippen molar-refractivity contribution in [2.75, 3.05) is 64.0 Å². The summed E-state index contributed by atoms with van der Waals surface area (Å²) in [6, 6.07) is 18.5. The molecule has 0 saturated carbocycles. The van der Waals surface area contributed by atoms with Crippen LogP contribution in [0, 0.1) is 5.82 Å². The van der Waals surface area contributed by atoms with Crippen molar-refractivity contribution in [2.24, 2.45) is 0 Å². The van der Waals surface area contributed by atoms with Crippen LogP contribution in [-0.2, 0) is 42.1 Å². The first kappa shape index (κ1) is 38.1. The van der Waals surface area contributed by atoms with Crippen LogP contribution in [0.15, 0.2) is 66.9 Å².